The van der Waals surface area contributed by atoms with E-state index in [1.807, 2.05) is 0 Å². The summed E-state index contributed by atoms with van der Waals surface area (Å²) >= 11 is 0. The number of aromatic nitrogens is 3. The first-order valence-corrected chi connectivity index (χ1v) is 3.98. The average Bonchev–Trinajstić information content (AvgIpc) is 2.67. The van der Waals surface area contributed by atoms with Crippen molar-refractivity contribution < 1.29 is 4.79 Å². The van der Waals surface area contributed by atoms with Crippen LogP contribution in [0.15, 0.2) is 29.5 Å². The van der Waals surface area contributed by atoms with Gasteiger partial charge in [0.1, 0.15) is 0 Å². The van der Waals surface area contributed by atoms with E-state index in [0.29, 0.717) is 5.69 Å². The highest BCUT2D eigenvalue weighted by atomic mass is 16.1. The molecule has 0 radical (unpaired) electrons. The lowest BCUT2D eigenvalue weighted by molar-refractivity contribution is 0.111. The molecule has 0 fully saturated rings. The van der Waals surface area contributed by atoms with Gasteiger partial charge in [-0.15, -0.1) is 0 Å². The number of carbonyl (C=O) groups excluding carboxylic acids is 1. The molecule has 0 aromatic carbocycles. The predicted molar refractivity (Wildman–Crippen MR) is 50.0 cm³/mol. The Morgan fingerprint density at radius 1 is 1.21 bits per heavy atom. The summed E-state index contributed by atoms with van der Waals surface area (Å²) in [6.45, 7) is 0. The van der Waals surface area contributed by atoms with E-state index in [1.54, 1.807) is 18.5 Å². The Hall–Kier alpha value is -2.17. The molecule has 0 saturated heterocycles. The number of aldehydes is 1. The Balaban J connectivity index is 2.44. The van der Waals surface area contributed by atoms with Gasteiger partial charge in [0.25, 0.3) is 0 Å². The van der Waals surface area contributed by atoms with Crippen LogP contribution in [0.4, 0.5) is 0 Å². The second-order valence-corrected chi connectivity index (χ2v) is 2.77. The number of nitrogens with one attached hydrogen (secondary N) is 2. The minimum Gasteiger partial charge on any atom is -0.358 e. The van der Waals surface area contributed by atoms with Crippen molar-refractivity contribution in [3.05, 3.63) is 40.8 Å². The third kappa shape index (κ3) is 1.47. The van der Waals surface area contributed by atoms with Crippen molar-refractivity contribution in [3.8, 4) is 11.1 Å². The van der Waals surface area contributed by atoms with Crippen LogP contribution in [0.2, 0.25) is 0 Å². The summed E-state index contributed by atoms with van der Waals surface area (Å²) in [7, 11) is 0. The molecule has 0 spiro atoms. The Labute approximate surface area is 78.8 Å². The molecule has 5 nitrogen and oxygen atoms in total. The maximum Gasteiger partial charge on any atom is 0.344 e. The molecule has 14 heavy (non-hydrogen) atoms. The minimum absolute atomic E-state index is 0.389. The normalized spacial score (nSPS) is 10.0. The Kier molecular flexibility index (Phi) is 1.98. The fraction of sp³-hybridized carbons (Fsp3) is 0. The van der Waals surface area contributed by atoms with Gasteiger partial charge in [0, 0.05) is 29.7 Å². The van der Waals surface area contributed by atoms with E-state index in [4.69, 9.17) is 0 Å². The lowest BCUT2D eigenvalue weighted by Gasteiger charge is -1.92. The summed E-state index contributed by atoms with van der Waals surface area (Å²) in [5.74, 6) is 0. The molecular weight excluding hydrogens is 182 g/mol. The Morgan fingerprint density at radius 2 is 2.00 bits per heavy atom. The summed E-state index contributed by atoms with van der Waals surface area (Å²) in [6, 6.07) is 1.68. The van der Waals surface area contributed by atoms with Crippen LogP contribution in [0.3, 0.4) is 0 Å². The lowest BCUT2D eigenvalue weighted by atomic mass is 10.2. The van der Waals surface area contributed by atoms with Crippen molar-refractivity contribution in [3.63, 3.8) is 0 Å². The summed E-state index contributed by atoms with van der Waals surface area (Å²) < 4.78 is 0. The topological polar surface area (TPSA) is 78.6 Å². The van der Waals surface area contributed by atoms with Crippen LogP contribution in [0, 0.1) is 0 Å². The standard InChI is InChI=1S/C9H7N3O2/c13-5-8-1-6(2-10-8)7-3-11-9(14)12-4-7/h1-5,10H,(H,11,12,14). The predicted octanol–water partition coefficient (Wildman–Crippen LogP) is 0.578. The van der Waals surface area contributed by atoms with Crippen LogP contribution < -0.4 is 5.69 Å². The van der Waals surface area contributed by atoms with Crippen molar-refractivity contribution in [1.29, 1.82) is 0 Å². The molecular formula is C9H7N3O2. The van der Waals surface area contributed by atoms with Crippen LogP contribution in [-0.2, 0) is 0 Å². The quantitative estimate of drug-likeness (QED) is 0.678. The van der Waals surface area contributed by atoms with Crippen LogP contribution in [0.5, 0.6) is 0 Å². The summed E-state index contributed by atoms with van der Waals surface area (Å²) in [4.78, 5) is 29.9. The first-order chi connectivity index (χ1) is 6.79. The fourth-order valence-corrected chi connectivity index (χ4v) is 1.15. The maximum atomic E-state index is 10.7. The molecule has 2 heterocycles. The van der Waals surface area contributed by atoms with Gasteiger partial charge in [-0.05, 0) is 6.07 Å². The molecule has 0 atom stereocenters. The van der Waals surface area contributed by atoms with E-state index in [0.717, 1.165) is 17.4 Å². The van der Waals surface area contributed by atoms with Gasteiger partial charge in [-0.25, -0.2) is 9.78 Å². The van der Waals surface area contributed by atoms with Gasteiger partial charge >= 0.3 is 5.69 Å². The van der Waals surface area contributed by atoms with Crippen LogP contribution in [0.25, 0.3) is 11.1 Å². The van der Waals surface area contributed by atoms with Crippen molar-refractivity contribution in [2.75, 3.05) is 0 Å². The molecule has 2 aromatic heterocycles. The van der Waals surface area contributed by atoms with Crippen LogP contribution in [0.1, 0.15) is 10.5 Å². The van der Waals surface area contributed by atoms with E-state index in [9.17, 15) is 9.59 Å². The van der Waals surface area contributed by atoms with Crippen LogP contribution >= 0.6 is 0 Å². The second kappa shape index (κ2) is 3.29. The van der Waals surface area contributed by atoms with E-state index < -0.39 is 0 Å². The van der Waals surface area contributed by atoms with E-state index in [1.165, 1.54) is 6.20 Å². The van der Waals surface area contributed by atoms with Gasteiger partial charge in [-0.3, -0.25) is 4.79 Å². The fourth-order valence-electron chi connectivity index (χ4n) is 1.15. The van der Waals surface area contributed by atoms with Gasteiger partial charge in [0.2, 0.25) is 0 Å². The Morgan fingerprint density at radius 3 is 2.57 bits per heavy atom. The number of carbonyl (C=O) groups is 1. The number of H-pyrrole nitrogens is 2. The zero-order chi connectivity index (χ0) is 9.97. The van der Waals surface area contributed by atoms with E-state index in [-0.39, 0.29) is 5.69 Å². The number of aromatic amines is 2. The molecule has 0 bridgehead atoms. The first-order valence-electron chi connectivity index (χ1n) is 3.98. The molecule has 0 aliphatic carbocycles. The van der Waals surface area contributed by atoms with E-state index in [2.05, 4.69) is 15.0 Å². The van der Waals surface area contributed by atoms with Crippen LogP contribution in [-0.4, -0.2) is 21.2 Å². The van der Waals surface area contributed by atoms with Gasteiger partial charge in [-0.2, -0.15) is 0 Å². The number of hydrogen-bond acceptors (Lipinski definition) is 3. The molecule has 5 heteroatoms. The molecule has 0 amide bonds. The minimum atomic E-state index is -0.389. The van der Waals surface area contributed by atoms with Crippen molar-refractivity contribution >= 4 is 6.29 Å². The van der Waals surface area contributed by atoms with Gasteiger partial charge in [-0.1, -0.05) is 0 Å². The third-order valence-corrected chi connectivity index (χ3v) is 1.84. The molecule has 0 saturated carbocycles. The number of rotatable bonds is 2. The van der Waals surface area contributed by atoms with Gasteiger partial charge < -0.3 is 9.97 Å². The molecule has 2 rings (SSSR count). The molecule has 0 aliphatic rings. The summed E-state index contributed by atoms with van der Waals surface area (Å²) in [5.41, 5.74) is 1.68. The van der Waals surface area contributed by atoms with Gasteiger partial charge in [0.15, 0.2) is 6.29 Å². The maximum absolute atomic E-state index is 10.7. The van der Waals surface area contributed by atoms with E-state index >= 15 is 0 Å². The van der Waals surface area contributed by atoms with Gasteiger partial charge in [0.05, 0.1) is 5.69 Å². The lowest BCUT2D eigenvalue weighted by Crippen LogP contribution is -2.07. The van der Waals surface area contributed by atoms with Crippen molar-refractivity contribution in [1.82, 2.24) is 15.0 Å². The SMILES string of the molecule is O=Cc1cc(-c2cnc(=O)[nH]c2)c[nH]1. The monoisotopic (exact) mass is 189 g/mol. The zero-order valence-corrected chi connectivity index (χ0v) is 7.15. The van der Waals surface area contributed by atoms with Crippen molar-refractivity contribution in [2.24, 2.45) is 0 Å². The van der Waals surface area contributed by atoms with Crippen molar-refractivity contribution in [2.45, 2.75) is 0 Å². The molecule has 2 aromatic rings. The third-order valence-electron chi connectivity index (χ3n) is 1.84. The number of nitrogens with zero attached hydrogens (tertiary/aromatic N) is 1. The smallest absolute Gasteiger partial charge is 0.344 e. The largest absolute Gasteiger partial charge is 0.358 e. The molecule has 2 N–H and O–H groups in total. The summed E-state index contributed by atoms with van der Waals surface area (Å²) in [6.07, 6.45) is 5.41. The average molecular weight is 189 g/mol. The molecule has 0 unspecified atom stereocenters. The second-order valence-electron chi connectivity index (χ2n) is 2.77. The highest BCUT2D eigenvalue weighted by molar-refractivity contribution is 5.76. The highest BCUT2D eigenvalue weighted by Gasteiger charge is 2.01. The Bertz CT molecular complexity index is 492. The highest BCUT2D eigenvalue weighted by Crippen LogP contribution is 2.16. The molecule has 0 aliphatic heterocycles. The summed E-state index contributed by atoms with van der Waals surface area (Å²) in [5, 5.41) is 0. The zero-order valence-electron chi connectivity index (χ0n) is 7.15. The first kappa shape index (κ1) is 8.43. The molecule has 70 valence electrons. The number of hydrogen-bond donors (Lipinski definition) is 2.